The molecule has 1 aliphatic heterocycles. The van der Waals surface area contributed by atoms with Gasteiger partial charge in [0.2, 0.25) is 11.8 Å². The zero-order valence-electron chi connectivity index (χ0n) is 15.4. The molecule has 138 valence electrons. The lowest BCUT2D eigenvalue weighted by molar-refractivity contribution is -0.130. The molecular weight excluding hydrogens is 346 g/mol. The minimum Gasteiger partial charge on any atom is -0.355 e. The number of nitrogens with zero attached hydrogens (tertiary/aromatic N) is 2. The van der Waals surface area contributed by atoms with Crippen LogP contribution in [0, 0.1) is 13.8 Å². The molecule has 0 radical (unpaired) electrons. The summed E-state index contributed by atoms with van der Waals surface area (Å²) in [4.78, 5) is 31.8. The topological polar surface area (TPSA) is 62.3 Å². The molecule has 0 aliphatic carbocycles. The van der Waals surface area contributed by atoms with Gasteiger partial charge in [-0.1, -0.05) is 29.8 Å². The molecule has 3 rings (SSSR count). The summed E-state index contributed by atoms with van der Waals surface area (Å²) >= 11 is 1.55. The van der Waals surface area contributed by atoms with Gasteiger partial charge in [-0.2, -0.15) is 0 Å². The van der Waals surface area contributed by atoms with Gasteiger partial charge in [-0.05, 0) is 26.7 Å². The predicted octanol–water partition coefficient (Wildman–Crippen LogP) is 3.10. The Morgan fingerprint density at radius 2 is 1.85 bits per heavy atom. The highest BCUT2D eigenvalue weighted by Crippen LogP contribution is 2.28. The number of hydrogen-bond donors (Lipinski definition) is 1. The van der Waals surface area contributed by atoms with Crippen molar-refractivity contribution < 1.29 is 9.59 Å². The molecule has 5 nitrogen and oxygen atoms in total. The van der Waals surface area contributed by atoms with Crippen LogP contribution in [0.3, 0.4) is 0 Å². The van der Waals surface area contributed by atoms with Crippen LogP contribution in [0.25, 0.3) is 11.3 Å². The number of aromatic nitrogens is 1. The van der Waals surface area contributed by atoms with Gasteiger partial charge in [0.15, 0.2) is 0 Å². The van der Waals surface area contributed by atoms with Crippen LogP contribution in [0.2, 0.25) is 0 Å². The maximum absolute atomic E-state index is 12.3. The number of rotatable bonds is 6. The van der Waals surface area contributed by atoms with Gasteiger partial charge in [0.25, 0.3) is 0 Å². The van der Waals surface area contributed by atoms with E-state index in [1.165, 1.54) is 5.56 Å². The van der Waals surface area contributed by atoms with Crippen molar-refractivity contribution in [3.63, 3.8) is 0 Å². The smallest absolute Gasteiger partial charge is 0.225 e. The Balaban J connectivity index is 1.55. The molecule has 26 heavy (non-hydrogen) atoms. The van der Waals surface area contributed by atoms with Crippen molar-refractivity contribution in [3.8, 4) is 11.3 Å². The number of nitrogens with one attached hydrogen (secondary N) is 1. The summed E-state index contributed by atoms with van der Waals surface area (Å²) in [5.74, 6) is 0.0769. The van der Waals surface area contributed by atoms with Crippen LogP contribution in [0.1, 0.15) is 34.7 Å². The monoisotopic (exact) mass is 371 g/mol. The Kier molecular flexibility index (Phi) is 6.04. The van der Waals surface area contributed by atoms with Crippen LogP contribution in [0.4, 0.5) is 0 Å². The van der Waals surface area contributed by atoms with Gasteiger partial charge < -0.3 is 10.2 Å². The van der Waals surface area contributed by atoms with Gasteiger partial charge >= 0.3 is 0 Å². The Labute approximate surface area is 158 Å². The summed E-state index contributed by atoms with van der Waals surface area (Å²) < 4.78 is 0. The van der Waals surface area contributed by atoms with E-state index in [0.29, 0.717) is 19.4 Å². The first kappa shape index (κ1) is 18.6. The normalized spacial score (nSPS) is 13.8. The lowest BCUT2D eigenvalue weighted by Crippen LogP contribution is -2.33. The lowest BCUT2D eigenvalue weighted by Gasteiger charge is -2.15. The van der Waals surface area contributed by atoms with Crippen molar-refractivity contribution in [2.24, 2.45) is 0 Å². The zero-order chi connectivity index (χ0) is 18.5. The van der Waals surface area contributed by atoms with Crippen LogP contribution in [0.15, 0.2) is 24.3 Å². The molecule has 1 fully saturated rings. The van der Waals surface area contributed by atoms with E-state index in [-0.39, 0.29) is 11.8 Å². The second-order valence-corrected chi connectivity index (χ2v) is 8.02. The number of carbonyl (C=O) groups is 2. The number of hydrogen-bond acceptors (Lipinski definition) is 4. The van der Waals surface area contributed by atoms with E-state index >= 15 is 0 Å². The standard InChI is InChI=1S/C20H25N3O2S/c1-14-5-7-16(8-6-14)20-17(26-15(2)22-20)13-18(24)21-10-9-19(25)23-11-3-4-12-23/h5-8H,3-4,9-13H2,1-2H3,(H,21,24). The van der Waals surface area contributed by atoms with Crippen LogP contribution < -0.4 is 5.32 Å². The Hall–Kier alpha value is -2.21. The summed E-state index contributed by atoms with van der Waals surface area (Å²) in [5, 5.41) is 3.83. The molecule has 1 N–H and O–H groups in total. The van der Waals surface area contributed by atoms with Gasteiger partial charge in [0.1, 0.15) is 0 Å². The molecule has 1 saturated heterocycles. The van der Waals surface area contributed by atoms with E-state index in [1.807, 2.05) is 30.9 Å². The molecule has 0 bridgehead atoms. The van der Waals surface area contributed by atoms with Gasteiger partial charge in [-0.15, -0.1) is 11.3 Å². The molecule has 1 aromatic heterocycles. The number of aryl methyl sites for hydroxylation is 2. The van der Waals surface area contributed by atoms with Crippen molar-refractivity contribution in [2.75, 3.05) is 19.6 Å². The van der Waals surface area contributed by atoms with Crippen molar-refractivity contribution >= 4 is 23.2 Å². The number of thiazole rings is 1. The molecule has 2 heterocycles. The van der Waals surface area contributed by atoms with E-state index in [0.717, 1.165) is 47.1 Å². The zero-order valence-corrected chi connectivity index (χ0v) is 16.2. The highest BCUT2D eigenvalue weighted by Gasteiger charge is 2.18. The summed E-state index contributed by atoms with van der Waals surface area (Å²) in [5.41, 5.74) is 3.12. The first-order chi connectivity index (χ1) is 12.5. The van der Waals surface area contributed by atoms with Gasteiger partial charge in [-0.3, -0.25) is 9.59 Å². The summed E-state index contributed by atoms with van der Waals surface area (Å²) in [7, 11) is 0. The maximum Gasteiger partial charge on any atom is 0.225 e. The fourth-order valence-corrected chi connectivity index (χ4v) is 4.12. The van der Waals surface area contributed by atoms with E-state index < -0.39 is 0 Å². The van der Waals surface area contributed by atoms with Crippen molar-refractivity contribution in [2.45, 2.75) is 39.5 Å². The fraction of sp³-hybridized carbons (Fsp3) is 0.450. The molecule has 0 spiro atoms. The lowest BCUT2D eigenvalue weighted by atomic mass is 10.1. The summed E-state index contributed by atoms with van der Waals surface area (Å²) in [6.45, 7) is 6.11. The van der Waals surface area contributed by atoms with E-state index in [2.05, 4.69) is 22.4 Å². The summed E-state index contributed by atoms with van der Waals surface area (Å²) in [6, 6.07) is 8.19. The molecular formula is C20H25N3O2S. The van der Waals surface area contributed by atoms with E-state index in [1.54, 1.807) is 11.3 Å². The Bertz CT molecular complexity index is 777. The second-order valence-electron chi connectivity index (χ2n) is 6.74. The molecule has 0 saturated carbocycles. The molecule has 6 heteroatoms. The number of benzene rings is 1. The van der Waals surface area contributed by atoms with Crippen LogP contribution in [-0.2, 0) is 16.0 Å². The molecule has 0 unspecified atom stereocenters. The average molecular weight is 372 g/mol. The summed E-state index contributed by atoms with van der Waals surface area (Å²) in [6.07, 6.45) is 2.85. The van der Waals surface area contributed by atoms with Crippen LogP contribution in [-0.4, -0.2) is 41.3 Å². The number of likely N-dealkylation sites (tertiary alicyclic amines) is 1. The quantitative estimate of drug-likeness (QED) is 0.849. The fourth-order valence-electron chi connectivity index (χ4n) is 3.17. The minimum absolute atomic E-state index is 0.0590. The highest BCUT2D eigenvalue weighted by molar-refractivity contribution is 7.12. The van der Waals surface area contributed by atoms with Crippen LogP contribution in [0.5, 0.6) is 0 Å². The third-order valence-corrected chi connectivity index (χ3v) is 5.54. The Morgan fingerprint density at radius 3 is 2.54 bits per heavy atom. The molecule has 0 atom stereocenters. The predicted molar refractivity (Wildman–Crippen MR) is 104 cm³/mol. The highest BCUT2D eigenvalue weighted by atomic mass is 32.1. The Morgan fingerprint density at radius 1 is 1.15 bits per heavy atom. The number of carbonyl (C=O) groups excluding carboxylic acids is 2. The first-order valence-electron chi connectivity index (χ1n) is 9.11. The van der Waals surface area contributed by atoms with E-state index in [9.17, 15) is 9.59 Å². The molecule has 1 aromatic carbocycles. The van der Waals surface area contributed by atoms with Gasteiger partial charge in [-0.25, -0.2) is 4.98 Å². The molecule has 1 aliphatic rings. The number of amides is 2. The van der Waals surface area contributed by atoms with Crippen molar-refractivity contribution in [1.82, 2.24) is 15.2 Å². The van der Waals surface area contributed by atoms with Gasteiger partial charge in [0.05, 0.1) is 17.1 Å². The minimum atomic E-state index is -0.0590. The average Bonchev–Trinajstić information content (AvgIpc) is 3.25. The van der Waals surface area contributed by atoms with Crippen LogP contribution >= 0.6 is 11.3 Å². The third-order valence-electron chi connectivity index (χ3n) is 4.57. The van der Waals surface area contributed by atoms with Gasteiger partial charge in [0, 0.05) is 36.5 Å². The molecule has 2 amide bonds. The van der Waals surface area contributed by atoms with Crippen molar-refractivity contribution in [1.29, 1.82) is 0 Å². The largest absolute Gasteiger partial charge is 0.355 e. The van der Waals surface area contributed by atoms with Crippen molar-refractivity contribution in [3.05, 3.63) is 39.7 Å². The first-order valence-corrected chi connectivity index (χ1v) is 9.92. The molecule has 2 aromatic rings. The second kappa shape index (κ2) is 8.45. The van der Waals surface area contributed by atoms with E-state index in [4.69, 9.17) is 0 Å². The third kappa shape index (κ3) is 4.69. The SMILES string of the molecule is Cc1ccc(-c2nc(C)sc2CC(=O)NCCC(=O)N2CCCC2)cc1. The maximum atomic E-state index is 12.3.